The first-order valence-electron chi connectivity index (χ1n) is 8.94. The van der Waals surface area contributed by atoms with Crippen LogP contribution in [0.5, 0.6) is 0 Å². The lowest BCUT2D eigenvalue weighted by Gasteiger charge is -2.58. The molecular weight excluding hydrogens is 246 g/mol. The van der Waals surface area contributed by atoms with Crippen LogP contribution in [0, 0.1) is 29.1 Å². The molecule has 5 saturated carbocycles. The van der Waals surface area contributed by atoms with Gasteiger partial charge in [0.1, 0.15) is 0 Å². The molecule has 0 heterocycles. The molecule has 114 valence electrons. The van der Waals surface area contributed by atoms with Crippen LogP contribution in [0.1, 0.15) is 58.3 Å². The molecule has 0 spiro atoms. The summed E-state index contributed by atoms with van der Waals surface area (Å²) in [6, 6.07) is 0.665. The van der Waals surface area contributed by atoms with Gasteiger partial charge in [0.25, 0.3) is 0 Å². The quantitative estimate of drug-likeness (QED) is 0.833. The summed E-state index contributed by atoms with van der Waals surface area (Å²) >= 11 is 0. The van der Waals surface area contributed by atoms with Crippen molar-refractivity contribution >= 4 is 0 Å². The maximum absolute atomic E-state index is 11.0. The molecule has 1 N–H and O–H groups in total. The molecule has 2 nitrogen and oxygen atoms in total. The van der Waals surface area contributed by atoms with Crippen molar-refractivity contribution in [3.05, 3.63) is 0 Å². The molecule has 0 aliphatic heterocycles. The molecule has 0 amide bonds. The second kappa shape index (κ2) is 4.71. The maximum atomic E-state index is 11.0. The number of aliphatic hydroxyl groups excluding tert-OH is 1. The van der Waals surface area contributed by atoms with Crippen LogP contribution in [0.3, 0.4) is 0 Å². The minimum atomic E-state index is -0.0814. The average Bonchev–Trinajstić information content (AvgIpc) is 3.20. The van der Waals surface area contributed by atoms with Crippen molar-refractivity contribution in [3.63, 3.8) is 0 Å². The number of nitrogens with zero attached hydrogens (tertiary/aromatic N) is 1. The predicted octanol–water partition coefficient (Wildman–Crippen LogP) is 3.29. The molecule has 2 unspecified atom stereocenters. The van der Waals surface area contributed by atoms with Crippen molar-refractivity contribution < 1.29 is 5.11 Å². The van der Waals surface area contributed by atoms with Crippen molar-refractivity contribution in [2.24, 2.45) is 29.1 Å². The molecule has 0 aromatic carbocycles. The molecule has 5 fully saturated rings. The fourth-order valence-electron chi connectivity index (χ4n) is 6.16. The standard InChI is InChI=1S/C18H31NO/c1-12(16-3-4-16)19(2)11-17(20)18-8-13-5-14(9-18)7-15(6-13)10-18/h12-17,20H,3-11H2,1-2H3. The van der Waals surface area contributed by atoms with Crippen LogP contribution in [0.4, 0.5) is 0 Å². The molecule has 0 aromatic heterocycles. The molecule has 0 saturated heterocycles. The van der Waals surface area contributed by atoms with Crippen molar-refractivity contribution in [2.45, 2.75) is 70.4 Å². The first-order valence-corrected chi connectivity index (χ1v) is 8.94. The topological polar surface area (TPSA) is 23.5 Å². The Balaban J connectivity index is 1.43. The van der Waals surface area contributed by atoms with E-state index in [1.165, 1.54) is 51.4 Å². The van der Waals surface area contributed by atoms with E-state index >= 15 is 0 Å². The fourth-order valence-corrected chi connectivity index (χ4v) is 6.16. The molecule has 0 aromatic rings. The summed E-state index contributed by atoms with van der Waals surface area (Å²) in [7, 11) is 2.23. The third-order valence-electron chi connectivity index (χ3n) is 7.25. The van der Waals surface area contributed by atoms with Crippen LogP contribution in [-0.2, 0) is 0 Å². The molecule has 0 radical (unpaired) electrons. The zero-order valence-electron chi connectivity index (χ0n) is 13.2. The van der Waals surface area contributed by atoms with Crippen LogP contribution in [0.15, 0.2) is 0 Å². The monoisotopic (exact) mass is 277 g/mol. The molecule has 5 rings (SSSR count). The van der Waals surface area contributed by atoms with Crippen LogP contribution in [0.2, 0.25) is 0 Å². The molecule has 2 atom stereocenters. The lowest BCUT2D eigenvalue weighted by Crippen LogP contribution is -2.54. The Morgan fingerprint density at radius 1 is 1.05 bits per heavy atom. The van der Waals surface area contributed by atoms with Crippen molar-refractivity contribution in [1.82, 2.24) is 4.90 Å². The van der Waals surface area contributed by atoms with E-state index in [0.717, 1.165) is 30.2 Å². The molecule has 20 heavy (non-hydrogen) atoms. The largest absolute Gasteiger partial charge is 0.391 e. The van der Waals surface area contributed by atoms with Crippen LogP contribution >= 0.6 is 0 Å². The highest BCUT2D eigenvalue weighted by atomic mass is 16.3. The zero-order chi connectivity index (χ0) is 13.9. The van der Waals surface area contributed by atoms with E-state index in [1.807, 2.05) is 0 Å². The lowest BCUT2D eigenvalue weighted by molar-refractivity contribution is -0.127. The number of hydrogen-bond donors (Lipinski definition) is 1. The van der Waals surface area contributed by atoms with Gasteiger partial charge in [0.05, 0.1) is 6.10 Å². The minimum absolute atomic E-state index is 0.0814. The SMILES string of the molecule is CC(C1CC1)N(C)CC(O)C12CC3CC(CC(C3)C1)C2. The van der Waals surface area contributed by atoms with Gasteiger partial charge in [-0.2, -0.15) is 0 Å². The Bertz CT molecular complexity index is 340. The number of rotatable bonds is 5. The molecule has 2 heteroatoms. The summed E-state index contributed by atoms with van der Waals surface area (Å²) in [5.41, 5.74) is 0.298. The van der Waals surface area contributed by atoms with E-state index < -0.39 is 0 Å². The Labute approximate surface area is 123 Å². The van der Waals surface area contributed by atoms with E-state index in [2.05, 4.69) is 18.9 Å². The summed E-state index contributed by atoms with van der Waals surface area (Å²) in [4.78, 5) is 2.45. The van der Waals surface area contributed by atoms with Crippen LogP contribution in [-0.4, -0.2) is 35.7 Å². The van der Waals surface area contributed by atoms with E-state index in [9.17, 15) is 5.11 Å². The van der Waals surface area contributed by atoms with Gasteiger partial charge in [-0.25, -0.2) is 0 Å². The van der Waals surface area contributed by atoms with Crippen LogP contribution in [0.25, 0.3) is 0 Å². The highest BCUT2D eigenvalue weighted by Gasteiger charge is 2.54. The Hall–Kier alpha value is -0.0800. The minimum Gasteiger partial charge on any atom is -0.391 e. The molecular formula is C18H31NO. The smallest absolute Gasteiger partial charge is 0.0723 e. The molecule has 5 aliphatic rings. The van der Waals surface area contributed by atoms with Gasteiger partial charge in [0, 0.05) is 12.6 Å². The average molecular weight is 277 g/mol. The zero-order valence-corrected chi connectivity index (χ0v) is 13.2. The van der Waals surface area contributed by atoms with Gasteiger partial charge >= 0.3 is 0 Å². The lowest BCUT2D eigenvalue weighted by atomic mass is 9.48. The summed E-state index contributed by atoms with van der Waals surface area (Å²) in [6.45, 7) is 3.26. The van der Waals surface area contributed by atoms with Crippen LogP contribution < -0.4 is 0 Å². The Morgan fingerprint density at radius 3 is 2.00 bits per heavy atom. The van der Waals surface area contributed by atoms with Gasteiger partial charge in [-0.05, 0) is 94.4 Å². The van der Waals surface area contributed by atoms with Gasteiger partial charge in [0.15, 0.2) is 0 Å². The van der Waals surface area contributed by atoms with E-state index in [4.69, 9.17) is 0 Å². The van der Waals surface area contributed by atoms with Gasteiger partial charge < -0.3 is 10.0 Å². The maximum Gasteiger partial charge on any atom is 0.0723 e. The summed E-state index contributed by atoms with van der Waals surface area (Å²) in [5.74, 6) is 3.75. The van der Waals surface area contributed by atoms with Gasteiger partial charge in [-0.3, -0.25) is 0 Å². The predicted molar refractivity (Wildman–Crippen MR) is 81.4 cm³/mol. The fraction of sp³-hybridized carbons (Fsp3) is 1.00. The van der Waals surface area contributed by atoms with Crippen molar-refractivity contribution in [3.8, 4) is 0 Å². The number of aliphatic hydroxyl groups is 1. The highest BCUT2D eigenvalue weighted by molar-refractivity contribution is 5.05. The highest BCUT2D eigenvalue weighted by Crippen LogP contribution is 2.61. The normalized spacial score (nSPS) is 45.9. The number of hydrogen-bond acceptors (Lipinski definition) is 2. The third-order valence-corrected chi connectivity index (χ3v) is 7.25. The van der Waals surface area contributed by atoms with Gasteiger partial charge in [0.2, 0.25) is 0 Å². The molecule has 4 bridgehead atoms. The Kier molecular flexibility index (Phi) is 3.20. The van der Waals surface area contributed by atoms with E-state index in [1.54, 1.807) is 0 Å². The van der Waals surface area contributed by atoms with Gasteiger partial charge in [-0.15, -0.1) is 0 Å². The Morgan fingerprint density at radius 2 is 1.55 bits per heavy atom. The van der Waals surface area contributed by atoms with Gasteiger partial charge in [-0.1, -0.05) is 0 Å². The summed E-state index contributed by atoms with van der Waals surface area (Å²) in [6.07, 6.45) is 11.1. The molecule has 5 aliphatic carbocycles. The third kappa shape index (κ3) is 2.23. The summed E-state index contributed by atoms with van der Waals surface area (Å²) < 4.78 is 0. The second-order valence-corrected chi connectivity index (χ2v) is 8.81. The first kappa shape index (κ1) is 13.6. The summed E-state index contributed by atoms with van der Waals surface area (Å²) in [5, 5.41) is 11.0. The van der Waals surface area contributed by atoms with E-state index in [-0.39, 0.29) is 6.10 Å². The number of likely N-dealkylation sites (N-methyl/N-ethyl adjacent to an activating group) is 1. The first-order chi connectivity index (χ1) is 9.56. The second-order valence-electron chi connectivity index (χ2n) is 8.81. The van der Waals surface area contributed by atoms with E-state index in [0.29, 0.717) is 11.5 Å². The van der Waals surface area contributed by atoms with Crippen molar-refractivity contribution in [2.75, 3.05) is 13.6 Å². The van der Waals surface area contributed by atoms with Crippen molar-refractivity contribution in [1.29, 1.82) is 0 Å².